The lowest BCUT2D eigenvalue weighted by atomic mass is 9.87. The van der Waals surface area contributed by atoms with Crippen molar-refractivity contribution < 1.29 is 4.79 Å². The monoisotopic (exact) mass is 238 g/mol. The summed E-state index contributed by atoms with van der Waals surface area (Å²) in [4.78, 5) is 11.9. The molecular formula is C14H26N2O. The smallest absolute Gasteiger partial charge is 0.238 e. The van der Waals surface area contributed by atoms with Crippen LogP contribution in [0.3, 0.4) is 0 Å². The lowest BCUT2D eigenvalue weighted by Crippen LogP contribution is -2.60. The maximum Gasteiger partial charge on any atom is 0.238 e. The number of rotatable bonds is 5. The zero-order valence-corrected chi connectivity index (χ0v) is 11.0. The van der Waals surface area contributed by atoms with E-state index in [0.29, 0.717) is 12.0 Å². The summed E-state index contributed by atoms with van der Waals surface area (Å²) in [6.07, 6.45) is 10.9. The second-order valence-electron chi connectivity index (χ2n) is 5.80. The van der Waals surface area contributed by atoms with Crippen molar-refractivity contribution in [3.05, 3.63) is 0 Å². The molecule has 17 heavy (non-hydrogen) atoms. The molecule has 0 aromatic rings. The molecule has 2 aliphatic carbocycles. The fourth-order valence-electron chi connectivity index (χ4n) is 3.32. The summed E-state index contributed by atoms with van der Waals surface area (Å²) >= 11 is 0. The molecule has 3 heteroatoms. The number of carbonyl (C=O) groups is 1. The molecule has 0 bridgehead atoms. The van der Waals surface area contributed by atoms with Crippen LogP contribution in [0.25, 0.3) is 0 Å². The Kier molecular flexibility index (Phi) is 4.08. The number of nitrogens with one attached hydrogen (secondary N) is 1. The van der Waals surface area contributed by atoms with Crippen LogP contribution in [0.1, 0.15) is 64.7 Å². The molecular weight excluding hydrogens is 212 g/mol. The molecule has 0 radical (unpaired) electrons. The van der Waals surface area contributed by atoms with E-state index in [1.807, 2.05) is 0 Å². The first-order valence-electron chi connectivity index (χ1n) is 7.26. The van der Waals surface area contributed by atoms with E-state index in [1.54, 1.807) is 0 Å². The van der Waals surface area contributed by atoms with Gasteiger partial charge in [-0.3, -0.25) is 4.79 Å². The molecule has 0 aromatic heterocycles. The van der Waals surface area contributed by atoms with E-state index in [0.717, 1.165) is 19.3 Å². The van der Waals surface area contributed by atoms with Crippen LogP contribution in [0.15, 0.2) is 0 Å². The van der Waals surface area contributed by atoms with Gasteiger partial charge in [0.05, 0.1) is 0 Å². The van der Waals surface area contributed by atoms with Gasteiger partial charge in [-0.15, -0.1) is 0 Å². The van der Waals surface area contributed by atoms with E-state index in [9.17, 15) is 4.79 Å². The first-order chi connectivity index (χ1) is 8.19. The van der Waals surface area contributed by atoms with Crippen molar-refractivity contribution in [3.63, 3.8) is 0 Å². The van der Waals surface area contributed by atoms with Gasteiger partial charge in [-0.05, 0) is 38.0 Å². The third-order valence-electron chi connectivity index (χ3n) is 4.59. The average molecular weight is 238 g/mol. The summed E-state index contributed by atoms with van der Waals surface area (Å²) < 4.78 is 0. The number of amides is 1. The lowest BCUT2D eigenvalue weighted by molar-refractivity contribution is -0.126. The van der Waals surface area contributed by atoms with Gasteiger partial charge in [0.1, 0.15) is 5.54 Å². The highest BCUT2D eigenvalue weighted by Crippen LogP contribution is 2.42. The molecule has 0 aliphatic heterocycles. The third-order valence-corrected chi connectivity index (χ3v) is 4.59. The second kappa shape index (κ2) is 5.38. The Hall–Kier alpha value is -0.570. The van der Waals surface area contributed by atoms with Crippen molar-refractivity contribution in [2.24, 2.45) is 11.7 Å². The van der Waals surface area contributed by atoms with Crippen LogP contribution in [0.2, 0.25) is 0 Å². The molecule has 1 amide bonds. The van der Waals surface area contributed by atoms with Crippen LogP contribution in [-0.2, 0) is 4.79 Å². The summed E-state index contributed by atoms with van der Waals surface area (Å²) in [6.45, 7) is 2.09. The zero-order valence-electron chi connectivity index (χ0n) is 11.0. The molecule has 1 unspecified atom stereocenters. The largest absolute Gasteiger partial charge is 0.368 e. The number of hydrogen-bond acceptors (Lipinski definition) is 2. The van der Waals surface area contributed by atoms with Crippen LogP contribution in [0.5, 0.6) is 0 Å². The minimum absolute atomic E-state index is 0.133. The van der Waals surface area contributed by atoms with E-state index < -0.39 is 5.54 Å². The number of hydrogen-bond donors (Lipinski definition) is 2. The van der Waals surface area contributed by atoms with E-state index in [2.05, 4.69) is 12.2 Å². The molecule has 1 atom stereocenters. The Bertz CT molecular complexity index is 267. The summed E-state index contributed by atoms with van der Waals surface area (Å²) in [6, 6.07) is 0.505. The summed E-state index contributed by atoms with van der Waals surface area (Å²) in [7, 11) is 0. The highest BCUT2D eigenvalue weighted by Gasteiger charge is 2.49. The van der Waals surface area contributed by atoms with Gasteiger partial charge in [0.15, 0.2) is 0 Å². The van der Waals surface area contributed by atoms with Gasteiger partial charge >= 0.3 is 0 Å². The molecule has 0 spiro atoms. The fraction of sp³-hybridized carbons (Fsp3) is 0.929. The van der Waals surface area contributed by atoms with Crippen LogP contribution < -0.4 is 11.1 Å². The molecule has 2 aliphatic rings. The highest BCUT2D eigenvalue weighted by atomic mass is 16.1. The fourth-order valence-corrected chi connectivity index (χ4v) is 3.32. The number of nitrogens with two attached hydrogens (primary N) is 1. The Balaban J connectivity index is 2.02. The minimum Gasteiger partial charge on any atom is -0.368 e. The van der Waals surface area contributed by atoms with Crippen LogP contribution in [0, 0.1) is 5.92 Å². The Morgan fingerprint density at radius 2 is 1.76 bits per heavy atom. The van der Waals surface area contributed by atoms with Crippen molar-refractivity contribution in [3.8, 4) is 0 Å². The van der Waals surface area contributed by atoms with Gasteiger partial charge in [0, 0.05) is 6.04 Å². The van der Waals surface area contributed by atoms with Crippen LogP contribution in [0.4, 0.5) is 0 Å². The number of carbonyl (C=O) groups excluding carboxylic acids is 1. The first-order valence-corrected chi connectivity index (χ1v) is 7.26. The van der Waals surface area contributed by atoms with Crippen molar-refractivity contribution >= 4 is 5.91 Å². The standard InChI is InChI=1S/C14H26N2O/c1-2-14(13(15)17,11-9-10-11)16-12-7-5-3-4-6-8-12/h11-12,16H,2-10H2,1H3,(H2,15,17). The molecule has 0 saturated heterocycles. The zero-order chi connectivity index (χ0) is 12.3. The van der Waals surface area contributed by atoms with Crippen molar-refractivity contribution in [1.82, 2.24) is 5.32 Å². The summed E-state index contributed by atoms with van der Waals surface area (Å²) in [5.41, 5.74) is 5.27. The lowest BCUT2D eigenvalue weighted by Gasteiger charge is -2.35. The van der Waals surface area contributed by atoms with Gasteiger partial charge in [-0.1, -0.05) is 32.6 Å². The number of primary amides is 1. The Morgan fingerprint density at radius 3 is 2.18 bits per heavy atom. The van der Waals surface area contributed by atoms with Crippen molar-refractivity contribution in [1.29, 1.82) is 0 Å². The maximum absolute atomic E-state index is 11.9. The van der Waals surface area contributed by atoms with Crippen LogP contribution in [-0.4, -0.2) is 17.5 Å². The molecule has 2 saturated carbocycles. The second-order valence-corrected chi connectivity index (χ2v) is 5.80. The normalized spacial score (nSPS) is 26.2. The predicted molar refractivity (Wildman–Crippen MR) is 69.6 cm³/mol. The van der Waals surface area contributed by atoms with E-state index in [4.69, 9.17) is 5.73 Å². The quantitative estimate of drug-likeness (QED) is 0.722. The van der Waals surface area contributed by atoms with Gasteiger partial charge in [0.2, 0.25) is 5.91 Å². The van der Waals surface area contributed by atoms with Crippen molar-refractivity contribution in [2.45, 2.75) is 76.3 Å². The third kappa shape index (κ3) is 2.82. The van der Waals surface area contributed by atoms with E-state index >= 15 is 0 Å². The van der Waals surface area contributed by atoms with Crippen molar-refractivity contribution in [2.75, 3.05) is 0 Å². The molecule has 3 nitrogen and oxygen atoms in total. The Labute approximate surface area is 105 Å². The molecule has 0 aromatic carbocycles. The summed E-state index contributed by atoms with van der Waals surface area (Å²) in [5, 5.41) is 3.65. The Morgan fingerprint density at radius 1 is 1.18 bits per heavy atom. The van der Waals surface area contributed by atoms with Crippen LogP contribution >= 0.6 is 0 Å². The van der Waals surface area contributed by atoms with Gasteiger partial charge in [-0.2, -0.15) is 0 Å². The van der Waals surface area contributed by atoms with Gasteiger partial charge < -0.3 is 11.1 Å². The SMILES string of the molecule is CCC(NC1CCCCCC1)(C(N)=O)C1CC1. The maximum atomic E-state index is 11.9. The average Bonchev–Trinajstić information content (AvgIpc) is 3.13. The molecule has 2 rings (SSSR count). The molecule has 98 valence electrons. The minimum atomic E-state index is -0.408. The first kappa shape index (κ1) is 12.9. The molecule has 0 heterocycles. The topological polar surface area (TPSA) is 55.1 Å². The van der Waals surface area contributed by atoms with Gasteiger partial charge in [0.25, 0.3) is 0 Å². The molecule has 2 fully saturated rings. The molecule has 3 N–H and O–H groups in total. The van der Waals surface area contributed by atoms with E-state index in [-0.39, 0.29) is 5.91 Å². The van der Waals surface area contributed by atoms with E-state index in [1.165, 1.54) is 38.5 Å². The highest BCUT2D eigenvalue weighted by molar-refractivity contribution is 5.85. The predicted octanol–water partition coefficient (Wildman–Crippen LogP) is 2.34. The summed E-state index contributed by atoms with van der Waals surface area (Å²) in [5.74, 6) is 0.361. The van der Waals surface area contributed by atoms with Gasteiger partial charge in [-0.25, -0.2) is 0 Å².